The molecule has 0 amide bonds. The van der Waals surface area contributed by atoms with E-state index in [1.807, 2.05) is 10.8 Å². The van der Waals surface area contributed by atoms with E-state index in [1.165, 1.54) is 19.3 Å². The van der Waals surface area contributed by atoms with Gasteiger partial charge in [0.25, 0.3) is 0 Å². The van der Waals surface area contributed by atoms with Crippen molar-refractivity contribution >= 4 is 23.5 Å². The van der Waals surface area contributed by atoms with Crippen molar-refractivity contribution in [3.05, 3.63) is 24.0 Å². The summed E-state index contributed by atoms with van der Waals surface area (Å²) in [6.07, 6.45) is 3.81. The number of ether oxygens (including phenoxy) is 2. The summed E-state index contributed by atoms with van der Waals surface area (Å²) in [6.45, 7) is 10.7. The first-order chi connectivity index (χ1) is 8.83. The molecule has 0 atom stereocenters. The first kappa shape index (κ1) is 16.2. The van der Waals surface area contributed by atoms with E-state index in [0.29, 0.717) is 5.41 Å². The summed E-state index contributed by atoms with van der Waals surface area (Å²) >= 11 is 3.41. The van der Waals surface area contributed by atoms with Crippen molar-refractivity contribution in [3.8, 4) is 0 Å². The van der Waals surface area contributed by atoms with Crippen LogP contribution in [0.25, 0.3) is 0 Å². The van der Waals surface area contributed by atoms with Gasteiger partial charge in [-0.1, -0.05) is 19.6 Å². The molecule has 1 aliphatic carbocycles. The lowest BCUT2D eigenvalue weighted by atomic mass is 9.70. The van der Waals surface area contributed by atoms with Crippen LogP contribution in [0, 0.1) is 5.41 Å². The Morgan fingerprint density at radius 3 is 1.78 bits per heavy atom. The summed E-state index contributed by atoms with van der Waals surface area (Å²) in [7, 11) is 0. The molecule has 0 aromatic carbocycles. The van der Waals surface area contributed by atoms with Crippen LogP contribution in [0.2, 0.25) is 0 Å². The Hall–Kier alpha value is 0.1000. The van der Waals surface area contributed by atoms with Crippen LogP contribution < -0.4 is 0 Å². The van der Waals surface area contributed by atoms with Crippen LogP contribution >= 0.6 is 23.5 Å². The maximum atomic E-state index is 5.75. The summed E-state index contributed by atoms with van der Waals surface area (Å²) in [6, 6.07) is 0. The fraction of sp³-hybridized carbons (Fsp3) is 0.714. The van der Waals surface area contributed by atoms with E-state index >= 15 is 0 Å². The van der Waals surface area contributed by atoms with Gasteiger partial charge in [-0.3, -0.25) is 0 Å². The molecule has 1 fully saturated rings. The molecule has 2 nitrogen and oxygen atoms in total. The van der Waals surface area contributed by atoms with Gasteiger partial charge in [0, 0.05) is 16.9 Å². The number of rotatable bonds is 12. The van der Waals surface area contributed by atoms with Crippen molar-refractivity contribution in [3.63, 3.8) is 0 Å². The molecule has 0 radical (unpaired) electrons. The zero-order chi connectivity index (χ0) is 13.1. The molecule has 0 aromatic heterocycles. The maximum absolute atomic E-state index is 5.75. The summed E-state index contributed by atoms with van der Waals surface area (Å²) in [5, 5.41) is 3.73. The van der Waals surface area contributed by atoms with E-state index in [2.05, 4.69) is 13.2 Å². The minimum Gasteiger partial charge on any atom is -0.380 e. The van der Waals surface area contributed by atoms with Crippen LogP contribution in [0.15, 0.2) is 24.0 Å². The third-order valence-corrected chi connectivity index (χ3v) is 4.43. The number of hydrogen-bond acceptors (Lipinski definition) is 4. The first-order valence-electron chi connectivity index (χ1n) is 6.43. The zero-order valence-electron chi connectivity index (χ0n) is 11.1. The van der Waals surface area contributed by atoms with Crippen molar-refractivity contribution in [1.82, 2.24) is 0 Å². The van der Waals surface area contributed by atoms with Crippen molar-refractivity contribution in [2.75, 3.05) is 37.9 Å². The summed E-state index contributed by atoms with van der Waals surface area (Å²) in [4.78, 5) is 0. The molecule has 1 rings (SSSR count). The van der Waals surface area contributed by atoms with Gasteiger partial charge in [-0.25, -0.2) is 0 Å². The maximum Gasteiger partial charge on any atom is 0.0560 e. The van der Waals surface area contributed by atoms with Crippen LogP contribution in [0.5, 0.6) is 0 Å². The van der Waals surface area contributed by atoms with Crippen LogP contribution in [0.3, 0.4) is 0 Å². The van der Waals surface area contributed by atoms with Gasteiger partial charge < -0.3 is 9.47 Å². The van der Waals surface area contributed by atoms with Gasteiger partial charge in [-0.2, -0.15) is 0 Å². The zero-order valence-corrected chi connectivity index (χ0v) is 12.7. The monoisotopic (exact) mass is 288 g/mol. The van der Waals surface area contributed by atoms with Crippen LogP contribution in [0.4, 0.5) is 0 Å². The summed E-state index contributed by atoms with van der Waals surface area (Å²) in [5.41, 5.74) is 0.303. The van der Waals surface area contributed by atoms with Crippen molar-refractivity contribution in [2.45, 2.75) is 19.3 Å². The number of hydrogen-bond donors (Lipinski definition) is 0. The predicted molar refractivity (Wildman–Crippen MR) is 83.2 cm³/mol. The smallest absolute Gasteiger partial charge is 0.0560 e. The second-order valence-electron chi connectivity index (χ2n) is 4.53. The Kier molecular flexibility index (Phi) is 8.94. The minimum atomic E-state index is 0.303. The molecule has 104 valence electrons. The molecular formula is C14H24O2S2. The topological polar surface area (TPSA) is 18.5 Å². The van der Waals surface area contributed by atoms with E-state index in [1.54, 1.807) is 23.5 Å². The Morgan fingerprint density at radius 2 is 1.44 bits per heavy atom. The molecular weight excluding hydrogens is 264 g/mol. The summed E-state index contributed by atoms with van der Waals surface area (Å²) in [5.74, 6) is 1.99. The normalized spacial score (nSPS) is 17.1. The molecule has 0 bridgehead atoms. The average Bonchev–Trinajstić information content (AvgIpc) is 2.34. The van der Waals surface area contributed by atoms with Crippen molar-refractivity contribution in [2.24, 2.45) is 5.41 Å². The molecule has 0 unspecified atom stereocenters. The highest BCUT2D eigenvalue weighted by atomic mass is 32.2. The van der Waals surface area contributed by atoms with Gasteiger partial charge in [0.2, 0.25) is 0 Å². The predicted octanol–water partition coefficient (Wildman–Crippen LogP) is 3.94. The second kappa shape index (κ2) is 9.96. The molecule has 0 spiro atoms. The van der Waals surface area contributed by atoms with Gasteiger partial charge in [-0.15, -0.1) is 23.5 Å². The lowest BCUT2D eigenvalue weighted by Gasteiger charge is -2.41. The van der Waals surface area contributed by atoms with Crippen molar-refractivity contribution in [1.29, 1.82) is 0 Å². The molecule has 0 saturated heterocycles. The third kappa shape index (κ3) is 6.32. The molecule has 18 heavy (non-hydrogen) atoms. The van der Waals surface area contributed by atoms with E-state index in [-0.39, 0.29) is 0 Å². The van der Waals surface area contributed by atoms with Crippen LogP contribution in [-0.4, -0.2) is 37.9 Å². The number of thioether (sulfide) groups is 2. The van der Waals surface area contributed by atoms with Crippen LogP contribution in [0.1, 0.15) is 19.3 Å². The quantitative estimate of drug-likeness (QED) is 0.506. The summed E-state index contributed by atoms with van der Waals surface area (Å²) < 4.78 is 11.5. The highest BCUT2D eigenvalue weighted by Gasteiger charge is 2.37. The van der Waals surface area contributed by atoms with Gasteiger partial charge in [0.05, 0.1) is 26.4 Å². The Bertz CT molecular complexity index is 220. The largest absolute Gasteiger partial charge is 0.380 e. The lowest BCUT2D eigenvalue weighted by Crippen LogP contribution is -2.39. The molecule has 0 aromatic rings. The molecule has 1 saturated carbocycles. The van der Waals surface area contributed by atoms with E-state index in [4.69, 9.17) is 9.47 Å². The molecule has 4 heteroatoms. The lowest BCUT2D eigenvalue weighted by molar-refractivity contribution is -0.0601. The Morgan fingerprint density at radius 1 is 0.944 bits per heavy atom. The Labute approximate surface area is 120 Å². The van der Waals surface area contributed by atoms with E-state index in [9.17, 15) is 0 Å². The third-order valence-electron chi connectivity index (χ3n) is 3.16. The molecule has 0 aliphatic heterocycles. The first-order valence-corrected chi connectivity index (χ1v) is 8.53. The van der Waals surface area contributed by atoms with Gasteiger partial charge in [0.15, 0.2) is 0 Å². The highest BCUT2D eigenvalue weighted by molar-refractivity contribution is 8.02. The second-order valence-corrected chi connectivity index (χ2v) is 6.68. The van der Waals surface area contributed by atoms with Crippen molar-refractivity contribution < 1.29 is 9.47 Å². The van der Waals surface area contributed by atoms with E-state index in [0.717, 1.165) is 37.9 Å². The van der Waals surface area contributed by atoms with Crippen LogP contribution in [-0.2, 0) is 9.47 Å². The van der Waals surface area contributed by atoms with Gasteiger partial charge in [0.1, 0.15) is 0 Å². The highest BCUT2D eigenvalue weighted by Crippen LogP contribution is 2.41. The molecule has 0 heterocycles. The van der Waals surface area contributed by atoms with E-state index < -0.39 is 0 Å². The fourth-order valence-corrected chi connectivity index (χ4v) is 2.73. The molecule has 1 aliphatic rings. The SMILES string of the molecule is C=CSCCOCC1(COCCSC=C)CCC1. The average molecular weight is 288 g/mol. The molecule has 0 N–H and O–H groups in total. The van der Waals surface area contributed by atoms with Gasteiger partial charge in [-0.05, 0) is 23.7 Å². The standard InChI is InChI=1S/C14H24O2S2/c1-3-17-10-8-15-12-14(6-5-7-14)13-16-9-11-18-4-2/h3-4H,1-2,5-13H2. The minimum absolute atomic E-state index is 0.303. The fourth-order valence-electron chi connectivity index (χ4n) is 1.97. The Balaban J connectivity index is 2.05. The van der Waals surface area contributed by atoms with Gasteiger partial charge >= 0.3 is 0 Å².